The molecule has 8 heteroatoms. The van der Waals surface area contributed by atoms with E-state index >= 15 is 0 Å². The van der Waals surface area contributed by atoms with Crippen LogP contribution in [0.2, 0.25) is 0 Å². The minimum atomic E-state index is -3.70. The molecule has 1 aromatic carbocycles. The van der Waals surface area contributed by atoms with Crippen LogP contribution in [0, 0.1) is 0 Å². The number of hydrogen-bond donors (Lipinski definition) is 2. The molecule has 1 heterocycles. The molecule has 0 bridgehead atoms. The van der Waals surface area contributed by atoms with Crippen molar-refractivity contribution in [3.63, 3.8) is 0 Å². The smallest absolute Gasteiger partial charge is 0.265 e. The van der Waals surface area contributed by atoms with Crippen molar-refractivity contribution >= 4 is 21.6 Å². The molecule has 112 valence electrons. The Morgan fingerprint density at radius 3 is 2.71 bits per heavy atom. The molecule has 0 aliphatic rings. The highest BCUT2D eigenvalue weighted by atomic mass is 32.2. The van der Waals surface area contributed by atoms with Crippen LogP contribution in [0.1, 0.15) is 12.5 Å². The predicted octanol–water partition coefficient (Wildman–Crippen LogP) is 1.19. The largest absolute Gasteiger partial charge is 0.342 e. The van der Waals surface area contributed by atoms with Crippen molar-refractivity contribution in [2.24, 2.45) is 0 Å². The van der Waals surface area contributed by atoms with Crippen molar-refractivity contribution in [1.82, 2.24) is 15.1 Å². The monoisotopic (exact) mass is 308 g/mol. The van der Waals surface area contributed by atoms with Crippen LogP contribution < -0.4 is 4.72 Å². The molecule has 21 heavy (non-hydrogen) atoms. The van der Waals surface area contributed by atoms with Crippen LogP contribution in [-0.4, -0.2) is 36.5 Å². The number of hydrogen-bond acceptors (Lipinski definition) is 4. The summed E-state index contributed by atoms with van der Waals surface area (Å²) in [5, 5.41) is 6.09. The molecule has 7 nitrogen and oxygen atoms in total. The number of sulfonamides is 1. The van der Waals surface area contributed by atoms with E-state index in [2.05, 4.69) is 14.9 Å². The Morgan fingerprint density at radius 2 is 2.10 bits per heavy atom. The normalized spacial score (nSPS) is 11.1. The van der Waals surface area contributed by atoms with Crippen LogP contribution in [0.3, 0.4) is 0 Å². The van der Waals surface area contributed by atoms with Gasteiger partial charge in [-0.15, -0.1) is 0 Å². The van der Waals surface area contributed by atoms with Crippen molar-refractivity contribution in [1.29, 1.82) is 0 Å². The maximum absolute atomic E-state index is 12.2. The number of nitrogens with zero attached hydrogens (tertiary/aromatic N) is 2. The number of benzene rings is 1. The summed E-state index contributed by atoms with van der Waals surface area (Å²) in [6, 6.07) is 6.94. The molecule has 2 rings (SSSR count). The van der Waals surface area contributed by atoms with Crippen LogP contribution in [0.4, 0.5) is 5.69 Å². The molecule has 0 atom stereocenters. The second-order valence-corrected chi connectivity index (χ2v) is 6.25. The Labute approximate surface area is 123 Å². The molecule has 0 aliphatic heterocycles. The van der Waals surface area contributed by atoms with Crippen LogP contribution in [-0.2, 0) is 21.4 Å². The third-order valence-electron chi connectivity index (χ3n) is 2.99. The number of carbonyl (C=O) groups is 1. The maximum atomic E-state index is 12.2. The lowest BCUT2D eigenvalue weighted by atomic mass is 10.2. The first-order valence-corrected chi connectivity index (χ1v) is 7.69. The number of amides is 1. The van der Waals surface area contributed by atoms with Crippen LogP contribution in [0.15, 0.2) is 41.6 Å². The van der Waals surface area contributed by atoms with Gasteiger partial charge in [-0.25, -0.2) is 8.42 Å². The zero-order valence-corrected chi connectivity index (χ0v) is 12.5. The summed E-state index contributed by atoms with van der Waals surface area (Å²) in [6.07, 6.45) is 2.53. The van der Waals surface area contributed by atoms with Gasteiger partial charge in [-0.05, 0) is 11.6 Å². The number of H-pyrrole nitrogens is 1. The molecule has 0 fully saturated rings. The van der Waals surface area contributed by atoms with E-state index in [1.165, 1.54) is 24.2 Å². The average molecular weight is 308 g/mol. The lowest BCUT2D eigenvalue weighted by molar-refractivity contribution is -0.128. The molecule has 2 aromatic rings. The summed E-state index contributed by atoms with van der Waals surface area (Å²) in [5.41, 5.74) is 1.15. The fourth-order valence-electron chi connectivity index (χ4n) is 1.71. The molecule has 0 spiro atoms. The van der Waals surface area contributed by atoms with Gasteiger partial charge in [-0.2, -0.15) is 5.10 Å². The molecular formula is C13H16N4O3S. The van der Waals surface area contributed by atoms with Gasteiger partial charge < -0.3 is 4.90 Å². The fourth-order valence-corrected chi connectivity index (χ4v) is 2.72. The Morgan fingerprint density at radius 1 is 1.38 bits per heavy atom. The van der Waals surface area contributed by atoms with Gasteiger partial charge in [-0.1, -0.05) is 18.2 Å². The molecule has 1 aromatic heterocycles. The number of aromatic amines is 1. The maximum Gasteiger partial charge on any atom is 0.265 e. The molecule has 1 amide bonds. The summed E-state index contributed by atoms with van der Waals surface area (Å²) >= 11 is 0. The van der Waals surface area contributed by atoms with E-state index in [1.54, 1.807) is 31.3 Å². The summed E-state index contributed by atoms with van der Waals surface area (Å²) < 4.78 is 26.9. The van der Waals surface area contributed by atoms with E-state index in [9.17, 15) is 13.2 Å². The fraction of sp³-hybridized carbons (Fsp3) is 0.231. The molecule has 2 N–H and O–H groups in total. The number of anilines is 1. The number of para-hydroxylation sites is 1. The van der Waals surface area contributed by atoms with Crippen molar-refractivity contribution in [2.45, 2.75) is 18.4 Å². The van der Waals surface area contributed by atoms with E-state index in [0.29, 0.717) is 17.8 Å². The predicted molar refractivity (Wildman–Crippen MR) is 78.0 cm³/mol. The van der Waals surface area contributed by atoms with Gasteiger partial charge in [0.15, 0.2) is 0 Å². The third-order valence-corrected chi connectivity index (χ3v) is 4.32. The van der Waals surface area contributed by atoms with Gasteiger partial charge >= 0.3 is 0 Å². The molecular weight excluding hydrogens is 292 g/mol. The summed E-state index contributed by atoms with van der Waals surface area (Å²) in [7, 11) is -2.04. The van der Waals surface area contributed by atoms with Gasteiger partial charge in [0.1, 0.15) is 4.90 Å². The summed E-state index contributed by atoms with van der Waals surface area (Å²) in [5.74, 6) is -0.0949. The first kappa shape index (κ1) is 15.0. The van der Waals surface area contributed by atoms with E-state index in [-0.39, 0.29) is 10.8 Å². The van der Waals surface area contributed by atoms with Crippen molar-refractivity contribution in [3.05, 3.63) is 42.2 Å². The van der Waals surface area contributed by atoms with Crippen LogP contribution in [0.25, 0.3) is 0 Å². The second-order valence-electron chi connectivity index (χ2n) is 4.57. The van der Waals surface area contributed by atoms with Gasteiger partial charge in [0.25, 0.3) is 10.0 Å². The van der Waals surface area contributed by atoms with E-state index in [0.717, 1.165) is 0 Å². The zero-order chi connectivity index (χ0) is 15.5. The van der Waals surface area contributed by atoms with Crippen molar-refractivity contribution < 1.29 is 13.2 Å². The van der Waals surface area contributed by atoms with E-state index in [1.807, 2.05) is 0 Å². The SMILES string of the molecule is CC(=O)N(C)Cc1ccccc1NS(=O)(=O)c1cn[nH]c1. The molecule has 0 saturated heterocycles. The number of carbonyl (C=O) groups excluding carboxylic acids is 1. The first-order chi connectivity index (χ1) is 9.90. The lowest BCUT2D eigenvalue weighted by Gasteiger charge is -2.18. The van der Waals surface area contributed by atoms with E-state index < -0.39 is 10.0 Å². The van der Waals surface area contributed by atoms with Gasteiger partial charge in [0.05, 0.1) is 11.9 Å². The summed E-state index contributed by atoms with van der Waals surface area (Å²) in [4.78, 5) is 12.9. The van der Waals surface area contributed by atoms with Gasteiger partial charge in [0.2, 0.25) is 5.91 Å². The molecule has 0 unspecified atom stereocenters. The zero-order valence-electron chi connectivity index (χ0n) is 11.7. The molecule has 0 saturated carbocycles. The summed E-state index contributed by atoms with van der Waals surface area (Å²) in [6.45, 7) is 1.78. The highest BCUT2D eigenvalue weighted by molar-refractivity contribution is 7.92. The quantitative estimate of drug-likeness (QED) is 0.867. The van der Waals surface area contributed by atoms with Crippen molar-refractivity contribution in [2.75, 3.05) is 11.8 Å². The van der Waals surface area contributed by atoms with Crippen LogP contribution in [0.5, 0.6) is 0 Å². The highest BCUT2D eigenvalue weighted by Crippen LogP contribution is 2.20. The topological polar surface area (TPSA) is 95.2 Å². The second kappa shape index (κ2) is 5.96. The Bertz CT molecular complexity index is 726. The Hall–Kier alpha value is -2.35. The van der Waals surface area contributed by atoms with Crippen molar-refractivity contribution in [3.8, 4) is 0 Å². The molecule has 0 radical (unpaired) electrons. The number of aromatic nitrogens is 2. The molecule has 0 aliphatic carbocycles. The van der Waals surface area contributed by atoms with Crippen LogP contribution >= 0.6 is 0 Å². The average Bonchev–Trinajstić information content (AvgIpc) is 2.95. The highest BCUT2D eigenvalue weighted by Gasteiger charge is 2.17. The lowest BCUT2D eigenvalue weighted by Crippen LogP contribution is -2.24. The Kier molecular flexibility index (Phi) is 4.27. The third kappa shape index (κ3) is 3.60. The van der Waals surface area contributed by atoms with Gasteiger partial charge in [-0.3, -0.25) is 14.6 Å². The minimum Gasteiger partial charge on any atom is -0.342 e. The standard InChI is InChI=1S/C13H16N4O3S/c1-10(18)17(2)9-11-5-3-4-6-13(11)16-21(19,20)12-7-14-15-8-12/h3-8,16H,9H2,1-2H3,(H,14,15). The van der Waals surface area contributed by atoms with E-state index in [4.69, 9.17) is 0 Å². The Balaban J connectivity index is 2.27. The first-order valence-electron chi connectivity index (χ1n) is 6.21. The minimum absolute atomic E-state index is 0.0530. The number of rotatable bonds is 5. The number of nitrogens with one attached hydrogen (secondary N) is 2. The van der Waals surface area contributed by atoms with Gasteiger partial charge in [0, 0.05) is 26.7 Å².